The van der Waals surface area contributed by atoms with E-state index < -0.39 is 5.92 Å². The highest BCUT2D eigenvalue weighted by Crippen LogP contribution is 2.46. The van der Waals surface area contributed by atoms with E-state index in [4.69, 9.17) is 33.2 Å². The second kappa shape index (κ2) is 6.93. The highest BCUT2D eigenvalue weighted by molar-refractivity contribution is 6.30. The van der Waals surface area contributed by atoms with Crippen molar-refractivity contribution in [1.82, 2.24) is 0 Å². The number of Topliss-reactive ketones (excluding diaryl/α,β-unsaturated/α-hetero) is 1. The Morgan fingerprint density at radius 1 is 1.44 bits per heavy atom. The van der Waals surface area contributed by atoms with Crippen molar-refractivity contribution < 1.29 is 14.3 Å². The number of hydrogen-bond donors (Lipinski definition) is 1. The quantitative estimate of drug-likeness (QED) is 0.843. The molecule has 2 N–H and O–H groups in total. The van der Waals surface area contributed by atoms with E-state index in [-0.39, 0.29) is 23.8 Å². The number of benzene rings is 1. The van der Waals surface area contributed by atoms with Crippen LogP contribution in [0.3, 0.4) is 0 Å². The van der Waals surface area contributed by atoms with Crippen molar-refractivity contribution >= 4 is 17.4 Å². The third-order valence-electron chi connectivity index (χ3n) is 4.20. The summed E-state index contributed by atoms with van der Waals surface area (Å²) in [5.41, 5.74) is 7.14. The van der Waals surface area contributed by atoms with Gasteiger partial charge in [0.2, 0.25) is 5.88 Å². The lowest BCUT2D eigenvalue weighted by molar-refractivity contribution is -0.116. The summed E-state index contributed by atoms with van der Waals surface area (Å²) in [4.78, 5) is 12.6. The monoisotopic (exact) mass is 354 g/mol. The van der Waals surface area contributed by atoms with Crippen molar-refractivity contribution in [3.63, 3.8) is 0 Å². The molecule has 5 nitrogen and oxygen atoms in total. The molecule has 0 aromatic heterocycles. The average Bonchev–Trinajstić information content (AvgIpc) is 2.59. The smallest absolute Gasteiger partial charge is 0.205 e. The van der Waals surface area contributed by atoms with Crippen LogP contribution in [0.15, 0.2) is 41.0 Å². The molecule has 1 aliphatic heterocycles. The predicted octanol–water partition coefficient (Wildman–Crippen LogP) is 3.17. The van der Waals surface area contributed by atoms with Crippen LogP contribution in [0.1, 0.15) is 30.7 Å². The lowest BCUT2D eigenvalue weighted by atomic mass is 9.77. The minimum Gasteiger partial charge on any atom is -0.481 e. The Kier molecular flexibility index (Phi) is 4.70. The van der Waals surface area contributed by atoms with Crippen LogP contribution in [0.5, 0.6) is 5.75 Å². The van der Waals surface area contributed by atoms with Gasteiger partial charge in [0, 0.05) is 29.0 Å². The summed E-state index contributed by atoms with van der Waals surface area (Å²) in [7, 11) is 0. The Morgan fingerprint density at radius 2 is 2.24 bits per heavy atom. The molecule has 0 saturated carbocycles. The molecular formula is C19H15ClN2O3. The van der Waals surface area contributed by atoms with Crippen molar-refractivity contribution in [3.8, 4) is 24.2 Å². The van der Waals surface area contributed by atoms with E-state index in [1.165, 1.54) is 0 Å². The van der Waals surface area contributed by atoms with E-state index in [0.29, 0.717) is 46.9 Å². The summed E-state index contributed by atoms with van der Waals surface area (Å²) in [5.74, 6) is 2.64. The number of nitrogens with zero attached hydrogens (tertiary/aromatic N) is 1. The summed E-state index contributed by atoms with van der Waals surface area (Å²) in [6.45, 7) is 0.0544. The van der Waals surface area contributed by atoms with Crippen LogP contribution in [0.4, 0.5) is 0 Å². The summed E-state index contributed by atoms with van der Waals surface area (Å²) in [6, 6.07) is 7.06. The van der Waals surface area contributed by atoms with E-state index in [0.717, 1.165) is 0 Å². The predicted molar refractivity (Wildman–Crippen MR) is 92.3 cm³/mol. The van der Waals surface area contributed by atoms with Crippen molar-refractivity contribution in [2.45, 2.75) is 25.2 Å². The molecule has 1 heterocycles. The number of carbonyl (C=O) groups excluding carboxylic acids is 1. The zero-order valence-electron chi connectivity index (χ0n) is 13.3. The van der Waals surface area contributed by atoms with E-state index >= 15 is 0 Å². The van der Waals surface area contributed by atoms with Gasteiger partial charge >= 0.3 is 0 Å². The molecule has 1 aliphatic carbocycles. The van der Waals surface area contributed by atoms with Gasteiger partial charge in [-0.25, -0.2) is 0 Å². The van der Waals surface area contributed by atoms with Crippen molar-refractivity contribution in [2.24, 2.45) is 5.73 Å². The molecule has 0 unspecified atom stereocenters. The number of hydrogen-bond acceptors (Lipinski definition) is 5. The number of halogens is 1. The Bertz CT molecular complexity index is 887. The van der Waals surface area contributed by atoms with Gasteiger partial charge in [-0.1, -0.05) is 17.5 Å². The highest BCUT2D eigenvalue weighted by atomic mass is 35.5. The van der Waals surface area contributed by atoms with E-state index in [1.807, 2.05) is 0 Å². The molecule has 0 amide bonds. The topological polar surface area (TPSA) is 85.3 Å². The summed E-state index contributed by atoms with van der Waals surface area (Å²) in [5, 5.41) is 10.1. The molecule has 0 spiro atoms. The lowest BCUT2D eigenvalue weighted by Crippen LogP contribution is -2.27. The van der Waals surface area contributed by atoms with Crippen LogP contribution in [0.2, 0.25) is 5.02 Å². The van der Waals surface area contributed by atoms with Crippen molar-refractivity contribution in [1.29, 1.82) is 5.26 Å². The van der Waals surface area contributed by atoms with E-state index in [9.17, 15) is 10.1 Å². The molecule has 1 aromatic rings. The van der Waals surface area contributed by atoms with Gasteiger partial charge in [0.1, 0.15) is 29.8 Å². The average molecular weight is 355 g/mol. The Morgan fingerprint density at radius 3 is 2.96 bits per heavy atom. The molecular weight excluding hydrogens is 340 g/mol. The second-order valence-electron chi connectivity index (χ2n) is 5.71. The number of carbonyl (C=O) groups is 1. The molecule has 6 heteroatoms. The summed E-state index contributed by atoms with van der Waals surface area (Å²) in [6.07, 6.45) is 6.96. The first kappa shape index (κ1) is 17.0. The molecule has 1 aromatic carbocycles. The number of ether oxygens (including phenoxy) is 2. The molecule has 25 heavy (non-hydrogen) atoms. The Balaban J connectivity index is 2.21. The number of rotatable bonds is 3. The molecule has 126 valence electrons. The first-order valence-electron chi connectivity index (χ1n) is 7.76. The van der Waals surface area contributed by atoms with Crippen molar-refractivity contribution in [2.75, 3.05) is 6.61 Å². The van der Waals surface area contributed by atoms with Gasteiger partial charge in [-0.3, -0.25) is 4.79 Å². The first-order valence-corrected chi connectivity index (χ1v) is 8.14. The number of nitriles is 1. The van der Waals surface area contributed by atoms with Crippen LogP contribution in [-0.4, -0.2) is 12.4 Å². The van der Waals surface area contributed by atoms with Gasteiger partial charge in [-0.15, -0.1) is 6.42 Å². The molecule has 0 saturated heterocycles. The molecule has 0 fully saturated rings. The van der Waals surface area contributed by atoms with Gasteiger partial charge in [-0.05, 0) is 24.6 Å². The molecule has 0 radical (unpaired) electrons. The first-order chi connectivity index (χ1) is 12.1. The minimum absolute atomic E-state index is 0.00354. The number of nitrogens with two attached hydrogens (primary N) is 1. The normalized spacial score (nSPS) is 19.6. The summed E-state index contributed by atoms with van der Waals surface area (Å²) >= 11 is 6.15. The van der Waals surface area contributed by atoms with Gasteiger partial charge < -0.3 is 15.2 Å². The van der Waals surface area contributed by atoms with Crippen LogP contribution in [-0.2, 0) is 9.53 Å². The zero-order valence-corrected chi connectivity index (χ0v) is 14.1. The molecule has 1 atom stereocenters. The van der Waals surface area contributed by atoms with Crippen LogP contribution in [0, 0.1) is 23.7 Å². The third-order valence-corrected chi connectivity index (χ3v) is 4.43. The van der Waals surface area contributed by atoms with Gasteiger partial charge in [0.15, 0.2) is 5.78 Å². The largest absolute Gasteiger partial charge is 0.481 e. The lowest BCUT2D eigenvalue weighted by Gasteiger charge is -2.31. The second-order valence-corrected chi connectivity index (χ2v) is 6.15. The maximum Gasteiger partial charge on any atom is 0.205 e. The fourth-order valence-electron chi connectivity index (χ4n) is 3.16. The molecule has 0 bridgehead atoms. The summed E-state index contributed by atoms with van der Waals surface area (Å²) < 4.78 is 11.1. The SMILES string of the molecule is C#CCOc1ccc(Cl)cc1[C@@H]1C(C#N)=C(N)OC2=C1C(=O)CCC2. The fraction of sp³-hybridized carbons (Fsp3) is 0.263. The molecule has 3 rings (SSSR count). The van der Waals surface area contributed by atoms with Gasteiger partial charge in [0.05, 0.1) is 5.92 Å². The number of allylic oxidation sites excluding steroid dienone is 3. The fourth-order valence-corrected chi connectivity index (χ4v) is 3.34. The highest BCUT2D eigenvalue weighted by Gasteiger charge is 2.39. The molecule has 2 aliphatic rings. The maximum atomic E-state index is 12.6. The zero-order chi connectivity index (χ0) is 18.0. The van der Waals surface area contributed by atoms with Crippen LogP contribution in [0.25, 0.3) is 0 Å². The Hall–Kier alpha value is -2.89. The van der Waals surface area contributed by atoms with Crippen LogP contribution < -0.4 is 10.5 Å². The third kappa shape index (κ3) is 3.07. The Labute approximate surface area is 150 Å². The van der Waals surface area contributed by atoms with Gasteiger partial charge in [-0.2, -0.15) is 5.26 Å². The van der Waals surface area contributed by atoms with Gasteiger partial charge in [0.25, 0.3) is 0 Å². The number of terminal acetylenes is 1. The van der Waals surface area contributed by atoms with E-state index in [1.54, 1.807) is 18.2 Å². The van der Waals surface area contributed by atoms with Crippen LogP contribution >= 0.6 is 11.6 Å². The minimum atomic E-state index is -0.673. The standard InChI is InChI=1S/C19H15ClN2O3/c1-2-8-24-15-7-6-11(20)9-12(15)17-13(10-21)19(22)25-16-5-3-4-14(23)18(16)17/h1,6-7,9,17H,3-5,8,22H2/t17-/m1/s1. The maximum absolute atomic E-state index is 12.6. The van der Waals surface area contributed by atoms with Crippen molar-refractivity contribution in [3.05, 3.63) is 51.6 Å². The van der Waals surface area contributed by atoms with E-state index in [2.05, 4.69) is 12.0 Å². The number of ketones is 1.